The van der Waals surface area contributed by atoms with Crippen molar-refractivity contribution in [1.29, 1.82) is 0 Å². The molecule has 7 nitrogen and oxygen atoms in total. The Morgan fingerprint density at radius 3 is 2.67 bits per heavy atom. The Kier molecular flexibility index (Phi) is 8.51. The molecule has 1 atom stereocenters. The largest absolute Gasteiger partial charge is 0.379 e. The van der Waals surface area contributed by atoms with Gasteiger partial charge < -0.3 is 20.3 Å². The van der Waals surface area contributed by atoms with Crippen molar-refractivity contribution in [2.24, 2.45) is 10.9 Å². The fourth-order valence-corrected chi connectivity index (χ4v) is 4.33. The number of rotatable bonds is 7. The van der Waals surface area contributed by atoms with Crippen LogP contribution < -0.4 is 15.5 Å². The van der Waals surface area contributed by atoms with Gasteiger partial charge in [0.2, 0.25) is 5.91 Å². The number of carbonyl (C=O) groups is 1. The minimum absolute atomic E-state index is 0.0806. The fraction of sp³-hybridized carbons (Fsp3) is 0.652. The molecule has 7 heteroatoms. The van der Waals surface area contributed by atoms with Crippen molar-refractivity contribution < 1.29 is 9.53 Å². The van der Waals surface area contributed by atoms with E-state index in [-0.39, 0.29) is 12.5 Å². The normalized spacial score (nSPS) is 18.8. The Bertz CT molecular complexity index is 715. The molecule has 0 saturated carbocycles. The van der Waals surface area contributed by atoms with Crippen molar-refractivity contribution in [2.45, 2.75) is 39.2 Å². The van der Waals surface area contributed by atoms with Gasteiger partial charge in [0, 0.05) is 45.0 Å². The Hall–Kier alpha value is -2.12. The lowest BCUT2D eigenvalue weighted by atomic mass is 10.0. The van der Waals surface area contributed by atoms with E-state index in [2.05, 4.69) is 40.4 Å². The van der Waals surface area contributed by atoms with Crippen LogP contribution in [0.4, 0.5) is 5.69 Å². The Morgan fingerprint density at radius 2 is 1.93 bits per heavy atom. The summed E-state index contributed by atoms with van der Waals surface area (Å²) in [5.74, 6) is 1.38. The molecule has 3 rings (SSSR count). The number of benzene rings is 1. The SMILES string of the molecule is CN=C(NCC(=O)N1CCCc2ccccc21)NCC(CC(C)C)N1CCOCC1. The number of hydrogen-bond acceptors (Lipinski definition) is 4. The maximum Gasteiger partial charge on any atom is 0.246 e. The smallest absolute Gasteiger partial charge is 0.246 e. The molecular formula is C23H37N5O2. The van der Waals surface area contributed by atoms with Gasteiger partial charge in [0.1, 0.15) is 0 Å². The number of aryl methyl sites for hydroxylation is 1. The molecule has 1 unspecified atom stereocenters. The molecule has 0 aliphatic carbocycles. The summed E-state index contributed by atoms with van der Waals surface area (Å²) in [6.07, 6.45) is 3.16. The lowest BCUT2D eigenvalue weighted by molar-refractivity contribution is -0.117. The number of hydrogen-bond donors (Lipinski definition) is 2. The number of amides is 1. The molecule has 0 radical (unpaired) electrons. The molecule has 0 aromatic heterocycles. The van der Waals surface area contributed by atoms with E-state index >= 15 is 0 Å². The van der Waals surface area contributed by atoms with Gasteiger partial charge in [0.05, 0.1) is 19.8 Å². The monoisotopic (exact) mass is 415 g/mol. The van der Waals surface area contributed by atoms with Gasteiger partial charge >= 0.3 is 0 Å². The molecule has 2 aliphatic heterocycles. The molecule has 2 aliphatic rings. The zero-order chi connectivity index (χ0) is 21.3. The van der Waals surface area contributed by atoms with E-state index in [1.54, 1.807) is 7.05 Å². The maximum atomic E-state index is 12.9. The highest BCUT2D eigenvalue weighted by atomic mass is 16.5. The van der Waals surface area contributed by atoms with Gasteiger partial charge in [-0.3, -0.25) is 14.7 Å². The number of carbonyl (C=O) groups excluding carboxylic acids is 1. The van der Waals surface area contributed by atoms with E-state index in [1.165, 1.54) is 5.56 Å². The standard InChI is InChI=1S/C23H37N5O2/c1-18(2)15-20(27-11-13-30-14-12-27)16-25-23(24-3)26-17-22(29)28-10-6-8-19-7-4-5-9-21(19)28/h4-5,7,9,18,20H,6,8,10-17H2,1-3H3,(H2,24,25,26). The van der Waals surface area contributed by atoms with Crippen LogP contribution in [0.3, 0.4) is 0 Å². The van der Waals surface area contributed by atoms with Crippen molar-refractivity contribution >= 4 is 17.6 Å². The van der Waals surface area contributed by atoms with Gasteiger partial charge in [-0.15, -0.1) is 0 Å². The number of aliphatic imine (C=N–C) groups is 1. The Morgan fingerprint density at radius 1 is 1.17 bits per heavy atom. The first-order chi connectivity index (χ1) is 14.6. The molecule has 2 heterocycles. The second kappa shape index (κ2) is 11.3. The first-order valence-corrected chi connectivity index (χ1v) is 11.2. The van der Waals surface area contributed by atoms with Crippen LogP contribution in [0, 0.1) is 5.92 Å². The molecule has 2 N–H and O–H groups in total. The summed E-state index contributed by atoms with van der Waals surface area (Å²) in [4.78, 5) is 21.6. The summed E-state index contributed by atoms with van der Waals surface area (Å²) in [5.41, 5.74) is 2.30. The molecule has 166 valence electrons. The predicted molar refractivity (Wildman–Crippen MR) is 122 cm³/mol. The molecule has 1 saturated heterocycles. The second-order valence-corrected chi connectivity index (χ2v) is 8.52. The number of fused-ring (bicyclic) bond motifs is 1. The van der Waals surface area contributed by atoms with Crippen LogP contribution in [0.15, 0.2) is 29.3 Å². The van der Waals surface area contributed by atoms with Crippen LogP contribution in [0.25, 0.3) is 0 Å². The van der Waals surface area contributed by atoms with Gasteiger partial charge in [-0.25, -0.2) is 0 Å². The summed E-state index contributed by atoms with van der Waals surface area (Å²) < 4.78 is 5.51. The van der Waals surface area contributed by atoms with Gasteiger partial charge in [-0.2, -0.15) is 0 Å². The average molecular weight is 416 g/mol. The molecule has 0 bridgehead atoms. The maximum absolute atomic E-state index is 12.9. The van der Waals surface area contributed by atoms with Crippen LogP contribution >= 0.6 is 0 Å². The first-order valence-electron chi connectivity index (χ1n) is 11.2. The van der Waals surface area contributed by atoms with Gasteiger partial charge in [0.15, 0.2) is 5.96 Å². The number of guanidine groups is 1. The number of para-hydroxylation sites is 1. The van der Waals surface area contributed by atoms with Crippen molar-refractivity contribution in [3.63, 3.8) is 0 Å². The van der Waals surface area contributed by atoms with Crippen molar-refractivity contribution in [1.82, 2.24) is 15.5 Å². The summed E-state index contributed by atoms with van der Waals surface area (Å²) in [7, 11) is 1.75. The van der Waals surface area contributed by atoms with Crippen molar-refractivity contribution in [2.75, 3.05) is 57.9 Å². The van der Waals surface area contributed by atoms with Crippen LogP contribution in [-0.2, 0) is 16.0 Å². The molecule has 1 aromatic carbocycles. The minimum atomic E-state index is 0.0806. The van der Waals surface area contributed by atoms with Crippen LogP contribution in [-0.4, -0.2) is 75.8 Å². The number of nitrogens with one attached hydrogen (secondary N) is 2. The summed E-state index contributed by atoms with van der Waals surface area (Å²) in [5, 5.41) is 6.65. The minimum Gasteiger partial charge on any atom is -0.379 e. The third-order valence-corrected chi connectivity index (χ3v) is 5.85. The molecule has 1 aromatic rings. The summed E-state index contributed by atoms with van der Waals surface area (Å²) in [6.45, 7) is 9.87. The van der Waals surface area contributed by atoms with Gasteiger partial charge in [0.25, 0.3) is 0 Å². The average Bonchev–Trinajstić information content (AvgIpc) is 2.78. The third-order valence-electron chi connectivity index (χ3n) is 5.85. The van der Waals surface area contributed by atoms with E-state index in [9.17, 15) is 4.79 Å². The second-order valence-electron chi connectivity index (χ2n) is 8.52. The lowest BCUT2D eigenvalue weighted by Gasteiger charge is -2.35. The van der Waals surface area contributed by atoms with Crippen LogP contribution in [0.5, 0.6) is 0 Å². The zero-order valence-electron chi connectivity index (χ0n) is 18.7. The molecule has 0 spiro atoms. The fourth-order valence-electron chi connectivity index (χ4n) is 4.33. The van der Waals surface area contributed by atoms with E-state index in [4.69, 9.17) is 4.74 Å². The van der Waals surface area contributed by atoms with Crippen LogP contribution in [0.1, 0.15) is 32.3 Å². The highest BCUT2D eigenvalue weighted by Gasteiger charge is 2.24. The quantitative estimate of drug-likeness (QED) is 0.526. The topological polar surface area (TPSA) is 69.2 Å². The van der Waals surface area contributed by atoms with E-state index in [1.807, 2.05) is 23.1 Å². The number of nitrogens with zero attached hydrogens (tertiary/aromatic N) is 3. The van der Waals surface area contributed by atoms with E-state index in [0.29, 0.717) is 17.9 Å². The van der Waals surface area contributed by atoms with E-state index in [0.717, 1.165) is 64.3 Å². The number of anilines is 1. The number of morpholine rings is 1. The van der Waals surface area contributed by atoms with Gasteiger partial charge in [-0.05, 0) is 36.8 Å². The highest BCUT2D eigenvalue weighted by molar-refractivity contribution is 5.98. The molecular weight excluding hydrogens is 378 g/mol. The summed E-state index contributed by atoms with van der Waals surface area (Å²) in [6, 6.07) is 8.62. The lowest BCUT2D eigenvalue weighted by Crippen LogP contribution is -2.52. The molecule has 1 amide bonds. The Labute approximate surface area is 180 Å². The van der Waals surface area contributed by atoms with E-state index < -0.39 is 0 Å². The van der Waals surface area contributed by atoms with Crippen LogP contribution in [0.2, 0.25) is 0 Å². The predicted octanol–water partition coefficient (Wildman–Crippen LogP) is 1.88. The molecule has 30 heavy (non-hydrogen) atoms. The molecule has 1 fully saturated rings. The first kappa shape index (κ1) is 22.6. The van der Waals surface area contributed by atoms with Gasteiger partial charge in [-0.1, -0.05) is 32.0 Å². The van der Waals surface area contributed by atoms with Crippen molar-refractivity contribution in [3.8, 4) is 0 Å². The highest BCUT2D eigenvalue weighted by Crippen LogP contribution is 2.26. The zero-order valence-corrected chi connectivity index (χ0v) is 18.7. The third kappa shape index (κ3) is 6.19. The summed E-state index contributed by atoms with van der Waals surface area (Å²) >= 11 is 0. The number of ether oxygens (including phenoxy) is 1. The Balaban J connectivity index is 1.52. The van der Waals surface area contributed by atoms with Crippen molar-refractivity contribution in [3.05, 3.63) is 29.8 Å².